The first-order chi connectivity index (χ1) is 5.61. The minimum atomic E-state index is -0.249. The van der Waals surface area contributed by atoms with Crippen molar-refractivity contribution >= 4 is 0 Å². The van der Waals surface area contributed by atoms with Crippen LogP contribution in [0.2, 0.25) is 0 Å². The molecule has 3 atom stereocenters. The first-order valence-corrected chi connectivity index (χ1v) is 5.02. The van der Waals surface area contributed by atoms with E-state index in [4.69, 9.17) is 0 Å². The van der Waals surface area contributed by atoms with E-state index >= 15 is 0 Å². The Balaban J connectivity index is 2.34. The Morgan fingerprint density at radius 2 is 1.92 bits per heavy atom. The van der Waals surface area contributed by atoms with Crippen LogP contribution in [0, 0.1) is 17.8 Å². The van der Waals surface area contributed by atoms with Gasteiger partial charge in [0.1, 0.15) is 6.23 Å². The summed E-state index contributed by atoms with van der Waals surface area (Å²) in [6.45, 7) is 7.85. The maximum absolute atomic E-state index is 9.24. The molecule has 1 fully saturated rings. The predicted molar refractivity (Wildman–Crippen MR) is 50.7 cm³/mol. The first-order valence-electron chi connectivity index (χ1n) is 5.02. The Morgan fingerprint density at radius 1 is 1.25 bits per heavy atom. The van der Waals surface area contributed by atoms with Crippen LogP contribution in [0.1, 0.15) is 33.6 Å². The lowest BCUT2D eigenvalue weighted by atomic mass is 9.80. The fourth-order valence-electron chi connectivity index (χ4n) is 1.86. The summed E-state index contributed by atoms with van der Waals surface area (Å²) in [4.78, 5) is 0. The summed E-state index contributed by atoms with van der Waals surface area (Å²) in [6.07, 6.45) is 1.84. The lowest BCUT2D eigenvalue weighted by molar-refractivity contribution is 0.0694. The zero-order chi connectivity index (χ0) is 9.14. The molecule has 12 heavy (non-hydrogen) atoms. The first kappa shape index (κ1) is 10.0. The second-order valence-corrected chi connectivity index (χ2v) is 4.36. The van der Waals surface area contributed by atoms with Gasteiger partial charge in [0.05, 0.1) is 0 Å². The Bertz CT molecular complexity index is 128. The molecule has 0 bridgehead atoms. The van der Waals surface area contributed by atoms with Gasteiger partial charge in [-0.15, -0.1) is 0 Å². The molecule has 1 saturated heterocycles. The highest BCUT2D eigenvalue weighted by Gasteiger charge is 2.24. The summed E-state index contributed by atoms with van der Waals surface area (Å²) in [7, 11) is 0. The molecule has 1 rings (SSSR count). The molecule has 72 valence electrons. The maximum Gasteiger partial charge on any atom is 0.104 e. The molecule has 0 aliphatic carbocycles. The third-order valence-corrected chi connectivity index (χ3v) is 3.22. The average molecular weight is 171 g/mol. The molecule has 0 aromatic heterocycles. The van der Waals surface area contributed by atoms with Gasteiger partial charge in [0.2, 0.25) is 0 Å². The molecule has 1 aliphatic rings. The fraction of sp³-hybridized carbons (Fsp3) is 1.00. The third kappa shape index (κ3) is 2.46. The fourth-order valence-corrected chi connectivity index (χ4v) is 1.86. The quantitative estimate of drug-likeness (QED) is 0.661. The van der Waals surface area contributed by atoms with Crippen molar-refractivity contribution in [3.63, 3.8) is 0 Å². The van der Waals surface area contributed by atoms with Crippen LogP contribution in [0.25, 0.3) is 0 Å². The number of nitrogens with one attached hydrogen (secondary N) is 1. The van der Waals surface area contributed by atoms with E-state index in [2.05, 4.69) is 26.1 Å². The van der Waals surface area contributed by atoms with Gasteiger partial charge in [-0.05, 0) is 30.6 Å². The smallest absolute Gasteiger partial charge is 0.104 e. The van der Waals surface area contributed by atoms with Crippen molar-refractivity contribution in [3.05, 3.63) is 0 Å². The van der Waals surface area contributed by atoms with Gasteiger partial charge in [-0.3, -0.25) is 5.32 Å². The van der Waals surface area contributed by atoms with Crippen molar-refractivity contribution in [1.29, 1.82) is 0 Å². The molecular formula is C10H21NO. The Morgan fingerprint density at radius 3 is 2.33 bits per heavy atom. The van der Waals surface area contributed by atoms with E-state index in [1.165, 1.54) is 6.42 Å². The number of hydrogen-bond acceptors (Lipinski definition) is 2. The molecule has 0 radical (unpaired) electrons. The van der Waals surface area contributed by atoms with Gasteiger partial charge >= 0.3 is 0 Å². The van der Waals surface area contributed by atoms with E-state index in [0.717, 1.165) is 30.7 Å². The number of hydrogen-bond donors (Lipinski definition) is 2. The van der Waals surface area contributed by atoms with Crippen LogP contribution in [0.5, 0.6) is 0 Å². The predicted octanol–water partition coefficient (Wildman–Crippen LogP) is 1.60. The largest absolute Gasteiger partial charge is 0.379 e. The van der Waals surface area contributed by atoms with E-state index in [0.29, 0.717) is 0 Å². The summed E-state index contributed by atoms with van der Waals surface area (Å²) in [5.41, 5.74) is 0. The van der Waals surface area contributed by atoms with E-state index in [9.17, 15) is 5.11 Å². The highest BCUT2D eigenvalue weighted by molar-refractivity contribution is 4.77. The van der Waals surface area contributed by atoms with Gasteiger partial charge in [-0.1, -0.05) is 20.8 Å². The summed E-state index contributed by atoms with van der Waals surface area (Å²) in [5, 5.41) is 12.4. The molecule has 2 heteroatoms. The molecule has 0 spiro atoms. The van der Waals surface area contributed by atoms with Gasteiger partial charge in [0, 0.05) is 6.54 Å². The second kappa shape index (κ2) is 4.24. The van der Waals surface area contributed by atoms with E-state index in [-0.39, 0.29) is 6.23 Å². The summed E-state index contributed by atoms with van der Waals surface area (Å²) in [5.74, 6) is 2.28. The lowest BCUT2D eigenvalue weighted by Crippen LogP contribution is -2.41. The van der Waals surface area contributed by atoms with Crippen LogP contribution in [0.3, 0.4) is 0 Å². The van der Waals surface area contributed by atoms with Crippen LogP contribution in [-0.2, 0) is 0 Å². The monoisotopic (exact) mass is 171 g/mol. The van der Waals surface area contributed by atoms with Gasteiger partial charge in [0.25, 0.3) is 0 Å². The number of rotatable bonds is 2. The number of piperidine rings is 1. The van der Waals surface area contributed by atoms with Crippen LogP contribution in [-0.4, -0.2) is 17.9 Å². The van der Waals surface area contributed by atoms with Crippen LogP contribution >= 0.6 is 0 Å². The van der Waals surface area contributed by atoms with E-state index in [1.807, 2.05) is 0 Å². The second-order valence-electron chi connectivity index (χ2n) is 4.36. The summed E-state index contributed by atoms with van der Waals surface area (Å²) in [6, 6.07) is 0. The van der Waals surface area contributed by atoms with Crippen LogP contribution < -0.4 is 5.32 Å². The molecule has 2 nitrogen and oxygen atoms in total. The molecule has 3 unspecified atom stereocenters. The highest BCUT2D eigenvalue weighted by atomic mass is 16.3. The standard InChI is InChI=1S/C10H21NO/c1-7(2)8(3)9-4-5-10(12)11-6-9/h7-12H,4-6H2,1-3H3. The normalized spacial score (nSPS) is 33.8. The minimum absolute atomic E-state index is 0.249. The van der Waals surface area contributed by atoms with E-state index < -0.39 is 0 Å². The molecule has 2 N–H and O–H groups in total. The molecule has 0 amide bonds. The number of aliphatic hydroxyl groups excluding tert-OH is 1. The zero-order valence-electron chi connectivity index (χ0n) is 8.38. The summed E-state index contributed by atoms with van der Waals surface area (Å²) < 4.78 is 0. The Kier molecular flexibility index (Phi) is 3.53. The highest BCUT2D eigenvalue weighted by Crippen LogP contribution is 2.26. The van der Waals surface area contributed by atoms with Crippen molar-refractivity contribution in [3.8, 4) is 0 Å². The zero-order valence-corrected chi connectivity index (χ0v) is 8.38. The van der Waals surface area contributed by atoms with Crippen molar-refractivity contribution in [1.82, 2.24) is 5.32 Å². The topological polar surface area (TPSA) is 32.3 Å². The van der Waals surface area contributed by atoms with Crippen molar-refractivity contribution in [2.45, 2.75) is 39.8 Å². The summed E-state index contributed by atoms with van der Waals surface area (Å²) >= 11 is 0. The van der Waals surface area contributed by atoms with Crippen molar-refractivity contribution in [2.24, 2.45) is 17.8 Å². The molecule has 0 aromatic carbocycles. The van der Waals surface area contributed by atoms with Crippen LogP contribution in [0.4, 0.5) is 0 Å². The SMILES string of the molecule is CC(C)C(C)C1CCC(O)NC1. The minimum Gasteiger partial charge on any atom is -0.379 e. The average Bonchev–Trinajstić information content (AvgIpc) is 2.04. The molecular weight excluding hydrogens is 150 g/mol. The van der Waals surface area contributed by atoms with Crippen molar-refractivity contribution < 1.29 is 5.11 Å². The molecule has 1 aliphatic heterocycles. The Labute approximate surface area is 75.4 Å². The molecule has 0 saturated carbocycles. The van der Waals surface area contributed by atoms with Crippen molar-refractivity contribution in [2.75, 3.05) is 6.54 Å². The van der Waals surface area contributed by atoms with E-state index in [1.54, 1.807) is 0 Å². The van der Waals surface area contributed by atoms with Crippen LogP contribution in [0.15, 0.2) is 0 Å². The lowest BCUT2D eigenvalue weighted by Gasteiger charge is -2.32. The van der Waals surface area contributed by atoms with Gasteiger partial charge in [0.15, 0.2) is 0 Å². The number of aliphatic hydroxyl groups is 1. The Hall–Kier alpha value is -0.0800. The van der Waals surface area contributed by atoms with Gasteiger partial charge < -0.3 is 5.11 Å². The van der Waals surface area contributed by atoms with Gasteiger partial charge in [-0.25, -0.2) is 0 Å². The third-order valence-electron chi connectivity index (χ3n) is 3.22. The molecule has 0 aromatic rings. The molecule has 1 heterocycles. The maximum atomic E-state index is 9.24. The van der Waals surface area contributed by atoms with Gasteiger partial charge in [-0.2, -0.15) is 0 Å².